The summed E-state index contributed by atoms with van der Waals surface area (Å²) in [5, 5.41) is 3.12. The van der Waals surface area contributed by atoms with Gasteiger partial charge in [0.15, 0.2) is 0 Å². The van der Waals surface area contributed by atoms with Crippen LogP contribution < -0.4 is 5.32 Å². The minimum absolute atomic E-state index is 0.0802. The first-order chi connectivity index (χ1) is 12.3. The van der Waals surface area contributed by atoms with Gasteiger partial charge in [0.1, 0.15) is 11.6 Å². The molecular weight excluding hydrogens is 352 g/mol. The number of aryl methyl sites for hydroxylation is 3. The molecule has 0 aliphatic carbocycles. The topological polar surface area (TPSA) is 101 Å². The standard InChI is InChI=1S/C17H24N6O2S/c1-5-26(24,25)23-8-6-7-14(23)16-18-13(4)10-15(21-16)22-17-19-11(2)9-12(3)20-17/h9-10,14H,5-8H2,1-4H3,(H,18,19,20,21,22). The van der Waals surface area contributed by atoms with Gasteiger partial charge in [0, 0.05) is 29.7 Å². The molecule has 1 saturated heterocycles. The third-order valence-corrected chi connectivity index (χ3v) is 6.20. The molecule has 0 amide bonds. The fraction of sp³-hybridized carbons (Fsp3) is 0.529. The van der Waals surface area contributed by atoms with Crippen LogP contribution in [0.2, 0.25) is 0 Å². The predicted octanol–water partition coefficient (Wildman–Crippen LogP) is 2.42. The minimum atomic E-state index is -3.28. The van der Waals surface area contributed by atoms with Gasteiger partial charge in [0.05, 0.1) is 11.8 Å². The molecule has 1 aliphatic heterocycles. The zero-order chi connectivity index (χ0) is 18.9. The van der Waals surface area contributed by atoms with Crippen molar-refractivity contribution in [1.82, 2.24) is 24.2 Å². The Bertz CT molecular complexity index is 895. The summed E-state index contributed by atoms with van der Waals surface area (Å²) >= 11 is 0. The van der Waals surface area contributed by atoms with Gasteiger partial charge in [0.2, 0.25) is 16.0 Å². The quantitative estimate of drug-likeness (QED) is 0.855. The lowest BCUT2D eigenvalue weighted by molar-refractivity contribution is 0.384. The van der Waals surface area contributed by atoms with Crippen molar-refractivity contribution in [2.24, 2.45) is 0 Å². The van der Waals surface area contributed by atoms with E-state index in [4.69, 9.17) is 0 Å². The number of hydrogen-bond acceptors (Lipinski definition) is 7. The molecule has 1 atom stereocenters. The van der Waals surface area contributed by atoms with E-state index >= 15 is 0 Å². The van der Waals surface area contributed by atoms with Crippen molar-refractivity contribution in [2.75, 3.05) is 17.6 Å². The van der Waals surface area contributed by atoms with Crippen LogP contribution in [0.5, 0.6) is 0 Å². The number of aromatic nitrogens is 4. The molecule has 1 unspecified atom stereocenters. The highest BCUT2D eigenvalue weighted by molar-refractivity contribution is 7.89. The largest absolute Gasteiger partial charge is 0.309 e. The number of anilines is 2. The van der Waals surface area contributed by atoms with E-state index in [0.717, 1.165) is 29.9 Å². The molecule has 140 valence electrons. The van der Waals surface area contributed by atoms with E-state index in [9.17, 15) is 8.42 Å². The lowest BCUT2D eigenvalue weighted by atomic mass is 10.2. The van der Waals surface area contributed by atoms with Crippen LogP contribution in [0.3, 0.4) is 0 Å². The first-order valence-electron chi connectivity index (χ1n) is 8.73. The van der Waals surface area contributed by atoms with Crippen LogP contribution in [0.4, 0.5) is 11.8 Å². The van der Waals surface area contributed by atoms with Crippen LogP contribution in [-0.4, -0.2) is 45.0 Å². The van der Waals surface area contributed by atoms with Crippen LogP contribution in [0, 0.1) is 20.8 Å². The van der Waals surface area contributed by atoms with Crippen LogP contribution in [0.15, 0.2) is 12.1 Å². The molecule has 3 heterocycles. The number of rotatable bonds is 5. The van der Waals surface area contributed by atoms with Crippen molar-refractivity contribution in [2.45, 2.75) is 46.6 Å². The number of hydrogen-bond donors (Lipinski definition) is 1. The number of nitrogens with one attached hydrogen (secondary N) is 1. The highest BCUT2D eigenvalue weighted by Crippen LogP contribution is 2.33. The Kier molecular flexibility index (Phi) is 5.19. The van der Waals surface area contributed by atoms with Gasteiger partial charge in [-0.2, -0.15) is 4.31 Å². The molecule has 2 aromatic heterocycles. The fourth-order valence-corrected chi connectivity index (χ4v) is 4.52. The summed E-state index contributed by atoms with van der Waals surface area (Å²) in [4.78, 5) is 17.8. The Hall–Kier alpha value is -2.13. The SMILES string of the molecule is CCS(=O)(=O)N1CCCC1c1nc(C)cc(Nc2nc(C)cc(C)n2)n1. The third kappa shape index (κ3) is 3.99. The van der Waals surface area contributed by atoms with E-state index in [1.165, 1.54) is 4.31 Å². The molecule has 1 N–H and O–H groups in total. The summed E-state index contributed by atoms with van der Waals surface area (Å²) in [5.41, 5.74) is 2.49. The van der Waals surface area contributed by atoms with Crippen molar-refractivity contribution >= 4 is 21.8 Å². The maximum absolute atomic E-state index is 12.4. The van der Waals surface area contributed by atoms with Crippen LogP contribution in [0.25, 0.3) is 0 Å². The second-order valence-corrected chi connectivity index (χ2v) is 8.73. The van der Waals surface area contributed by atoms with E-state index in [0.29, 0.717) is 24.1 Å². The van der Waals surface area contributed by atoms with Crippen LogP contribution in [-0.2, 0) is 10.0 Å². The van der Waals surface area contributed by atoms with Crippen LogP contribution in [0.1, 0.15) is 48.7 Å². The minimum Gasteiger partial charge on any atom is -0.309 e. The van der Waals surface area contributed by atoms with Crippen molar-refractivity contribution in [1.29, 1.82) is 0 Å². The summed E-state index contributed by atoms with van der Waals surface area (Å²) in [6.07, 6.45) is 1.53. The maximum Gasteiger partial charge on any atom is 0.228 e. The molecule has 1 fully saturated rings. The summed E-state index contributed by atoms with van der Waals surface area (Å²) < 4.78 is 26.2. The molecule has 0 radical (unpaired) electrons. The first-order valence-corrected chi connectivity index (χ1v) is 10.3. The zero-order valence-electron chi connectivity index (χ0n) is 15.5. The number of sulfonamides is 1. The summed E-state index contributed by atoms with van der Waals surface area (Å²) in [6.45, 7) is 7.85. The molecule has 26 heavy (non-hydrogen) atoms. The number of nitrogens with zero attached hydrogens (tertiary/aromatic N) is 5. The fourth-order valence-electron chi connectivity index (χ4n) is 3.20. The van der Waals surface area contributed by atoms with E-state index in [2.05, 4.69) is 25.3 Å². The van der Waals surface area contributed by atoms with E-state index in [1.54, 1.807) is 13.0 Å². The highest BCUT2D eigenvalue weighted by atomic mass is 32.2. The van der Waals surface area contributed by atoms with Gasteiger partial charge in [-0.15, -0.1) is 0 Å². The summed E-state index contributed by atoms with van der Waals surface area (Å²) in [7, 11) is -3.28. The predicted molar refractivity (Wildman–Crippen MR) is 99.7 cm³/mol. The molecule has 9 heteroatoms. The molecular formula is C17H24N6O2S. The van der Waals surface area contributed by atoms with Crippen molar-refractivity contribution < 1.29 is 8.42 Å². The summed E-state index contributed by atoms with van der Waals surface area (Å²) in [6, 6.07) is 3.38. The Labute approximate surface area is 154 Å². The Balaban J connectivity index is 1.92. The van der Waals surface area contributed by atoms with Gasteiger partial charge >= 0.3 is 0 Å². The lowest BCUT2D eigenvalue weighted by Gasteiger charge is -2.22. The van der Waals surface area contributed by atoms with Crippen LogP contribution >= 0.6 is 0 Å². The van der Waals surface area contributed by atoms with Crippen molar-refractivity contribution in [3.8, 4) is 0 Å². The normalized spacial score (nSPS) is 18.2. The third-order valence-electron chi connectivity index (χ3n) is 4.32. The van der Waals surface area contributed by atoms with Gasteiger partial charge in [-0.3, -0.25) is 0 Å². The molecule has 1 aliphatic rings. The first kappa shape index (κ1) is 18.7. The zero-order valence-corrected chi connectivity index (χ0v) is 16.3. The summed E-state index contributed by atoms with van der Waals surface area (Å²) in [5.74, 6) is 1.64. The maximum atomic E-state index is 12.4. The highest BCUT2D eigenvalue weighted by Gasteiger charge is 2.36. The molecule has 0 bridgehead atoms. The smallest absolute Gasteiger partial charge is 0.228 e. The molecule has 0 spiro atoms. The molecule has 3 rings (SSSR count). The Morgan fingerprint density at radius 3 is 2.38 bits per heavy atom. The Morgan fingerprint density at radius 1 is 1.08 bits per heavy atom. The monoisotopic (exact) mass is 376 g/mol. The average molecular weight is 376 g/mol. The second-order valence-electron chi connectivity index (χ2n) is 6.52. The second kappa shape index (κ2) is 7.24. The van der Waals surface area contributed by atoms with Crippen molar-refractivity contribution in [3.05, 3.63) is 35.0 Å². The van der Waals surface area contributed by atoms with Gasteiger partial charge in [0.25, 0.3) is 0 Å². The molecule has 8 nitrogen and oxygen atoms in total. The van der Waals surface area contributed by atoms with Gasteiger partial charge < -0.3 is 5.32 Å². The van der Waals surface area contributed by atoms with E-state index in [1.807, 2.05) is 26.8 Å². The van der Waals surface area contributed by atoms with E-state index in [-0.39, 0.29) is 11.8 Å². The molecule has 2 aromatic rings. The molecule has 0 saturated carbocycles. The van der Waals surface area contributed by atoms with Gasteiger partial charge in [-0.25, -0.2) is 28.4 Å². The van der Waals surface area contributed by atoms with Crippen molar-refractivity contribution in [3.63, 3.8) is 0 Å². The van der Waals surface area contributed by atoms with E-state index < -0.39 is 10.0 Å². The lowest BCUT2D eigenvalue weighted by Crippen LogP contribution is -2.32. The van der Waals surface area contributed by atoms with Gasteiger partial charge in [-0.05, 0) is 46.6 Å². The van der Waals surface area contributed by atoms with Gasteiger partial charge in [-0.1, -0.05) is 0 Å². The molecule has 0 aromatic carbocycles. The Morgan fingerprint density at radius 2 is 1.73 bits per heavy atom. The average Bonchev–Trinajstić information content (AvgIpc) is 3.03.